The summed E-state index contributed by atoms with van der Waals surface area (Å²) in [5.74, 6) is -0.648. The molecule has 30 heavy (non-hydrogen) atoms. The molecule has 0 spiro atoms. The van der Waals surface area contributed by atoms with Crippen molar-refractivity contribution in [1.82, 2.24) is 10.6 Å². The van der Waals surface area contributed by atoms with E-state index in [1.165, 1.54) is 23.8 Å². The Labute approximate surface area is 174 Å². The summed E-state index contributed by atoms with van der Waals surface area (Å²) >= 11 is 0. The molecule has 1 amide bonds. The van der Waals surface area contributed by atoms with Crippen LogP contribution in [0.2, 0.25) is 0 Å². The zero-order valence-electron chi connectivity index (χ0n) is 16.9. The molecule has 0 saturated carbocycles. The lowest BCUT2D eigenvalue weighted by molar-refractivity contribution is -0.117. The number of amides is 1. The number of hydrogen-bond acceptors (Lipinski definition) is 3. The predicted octanol–water partition coefficient (Wildman–Crippen LogP) is 2.30. The van der Waals surface area contributed by atoms with Crippen molar-refractivity contribution in [3.63, 3.8) is 0 Å². The number of rotatable bonds is 4. The Kier molecular flexibility index (Phi) is 5.83. The van der Waals surface area contributed by atoms with E-state index in [2.05, 4.69) is 15.6 Å². The molecule has 158 valence electrons. The molecule has 2 aliphatic heterocycles. The zero-order chi connectivity index (χ0) is 21.1. The van der Waals surface area contributed by atoms with Gasteiger partial charge in [0, 0.05) is 38.4 Å². The number of halogens is 2. The Morgan fingerprint density at radius 1 is 1.13 bits per heavy atom. The van der Waals surface area contributed by atoms with Crippen LogP contribution >= 0.6 is 0 Å². The number of hydrogen-bond donors (Lipinski definition) is 2. The second-order valence-electron chi connectivity index (χ2n) is 7.50. The number of carbonyl (C=O) groups excluding carboxylic acids is 1. The highest BCUT2D eigenvalue weighted by molar-refractivity contribution is 5.98. The number of fused-ring (bicyclic) bond motifs is 1. The fourth-order valence-corrected chi connectivity index (χ4v) is 4.11. The lowest BCUT2D eigenvalue weighted by Gasteiger charge is -2.22. The van der Waals surface area contributed by atoms with Crippen LogP contribution in [-0.2, 0) is 11.2 Å². The highest BCUT2D eigenvalue weighted by Gasteiger charge is 2.28. The monoisotopic (exact) mass is 413 g/mol. The Morgan fingerprint density at radius 3 is 2.67 bits per heavy atom. The molecule has 2 aromatic rings. The lowest BCUT2D eigenvalue weighted by atomic mass is 10.2. The molecule has 0 aliphatic carbocycles. The summed E-state index contributed by atoms with van der Waals surface area (Å²) in [6.45, 7) is 1.78. The van der Waals surface area contributed by atoms with Crippen LogP contribution < -0.4 is 20.4 Å². The second-order valence-corrected chi connectivity index (χ2v) is 7.50. The average Bonchev–Trinajstić information content (AvgIpc) is 3.38. The molecule has 1 atom stereocenters. The first-order chi connectivity index (χ1) is 14.6. The standard InChI is InChI=1S/C22H25F2N5O/c1-25-22(26-13-20(30)29-12-9-15-5-2-3-8-19(15)29)27-16-10-11-28(14-16)21-17(23)6-4-7-18(21)24/h2-8,16H,9-14H2,1H3,(H2,25,26,27). The number of guanidine groups is 1. The molecule has 8 heteroatoms. The van der Waals surface area contributed by atoms with Crippen molar-refractivity contribution in [3.8, 4) is 0 Å². The first-order valence-corrected chi connectivity index (χ1v) is 10.1. The minimum Gasteiger partial charge on any atom is -0.365 e. The van der Waals surface area contributed by atoms with Gasteiger partial charge >= 0.3 is 0 Å². The van der Waals surface area contributed by atoms with Crippen LogP contribution in [0.1, 0.15) is 12.0 Å². The topological polar surface area (TPSA) is 60.0 Å². The number of nitrogens with zero attached hydrogens (tertiary/aromatic N) is 3. The summed E-state index contributed by atoms with van der Waals surface area (Å²) in [5.41, 5.74) is 2.15. The van der Waals surface area contributed by atoms with E-state index >= 15 is 0 Å². The van der Waals surface area contributed by atoms with E-state index < -0.39 is 11.6 Å². The Hall–Kier alpha value is -3.16. The molecule has 0 radical (unpaired) electrons. The summed E-state index contributed by atoms with van der Waals surface area (Å²) < 4.78 is 28.1. The number of aliphatic imine (C=N–C) groups is 1. The summed E-state index contributed by atoms with van der Waals surface area (Å²) in [5, 5.41) is 6.31. The van der Waals surface area contributed by atoms with Crippen LogP contribution in [0.3, 0.4) is 0 Å². The Morgan fingerprint density at radius 2 is 1.90 bits per heavy atom. The maximum absolute atomic E-state index is 14.0. The normalized spacial score (nSPS) is 18.5. The van der Waals surface area contributed by atoms with Crippen molar-refractivity contribution in [1.29, 1.82) is 0 Å². The molecule has 0 aromatic heterocycles. The van der Waals surface area contributed by atoms with Gasteiger partial charge in [0.2, 0.25) is 5.91 Å². The molecule has 2 aliphatic rings. The van der Waals surface area contributed by atoms with Crippen LogP contribution in [0, 0.1) is 11.6 Å². The van der Waals surface area contributed by atoms with Gasteiger partial charge in [-0.2, -0.15) is 0 Å². The third-order valence-electron chi connectivity index (χ3n) is 5.60. The van der Waals surface area contributed by atoms with Crippen molar-refractivity contribution in [3.05, 3.63) is 59.7 Å². The smallest absolute Gasteiger partial charge is 0.246 e. The quantitative estimate of drug-likeness (QED) is 0.597. The van der Waals surface area contributed by atoms with Gasteiger partial charge in [-0.15, -0.1) is 0 Å². The van der Waals surface area contributed by atoms with Crippen LogP contribution in [0.25, 0.3) is 0 Å². The van der Waals surface area contributed by atoms with Gasteiger partial charge in [-0.1, -0.05) is 24.3 Å². The fraction of sp³-hybridized carbons (Fsp3) is 0.364. The highest BCUT2D eigenvalue weighted by atomic mass is 19.1. The van der Waals surface area contributed by atoms with E-state index in [4.69, 9.17) is 0 Å². The zero-order valence-corrected chi connectivity index (χ0v) is 16.9. The van der Waals surface area contributed by atoms with Gasteiger partial charge in [0.25, 0.3) is 0 Å². The third-order valence-corrected chi connectivity index (χ3v) is 5.60. The van der Waals surface area contributed by atoms with Gasteiger partial charge in [0.05, 0.1) is 6.54 Å². The van der Waals surface area contributed by atoms with Gasteiger partial charge in [0.15, 0.2) is 5.96 Å². The van der Waals surface area contributed by atoms with Crippen LogP contribution in [-0.4, -0.2) is 51.1 Å². The number of benzene rings is 2. The number of nitrogens with one attached hydrogen (secondary N) is 2. The van der Waals surface area contributed by atoms with Gasteiger partial charge in [-0.3, -0.25) is 9.79 Å². The largest absolute Gasteiger partial charge is 0.365 e. The molecule has 1 saturated heterocycles. The summed E-state index contributed by atoms with van der Waals surface area (Å²) in [7, 11) is 1.63. The Bertz CT molecular complexity index is 944. The molecule has 4 rings (SSSR count). The molecule has 1 unspecified atom stereocenters. The maximum Gasteiger partial charge on any atom is 0.246 e. The number of anilines is 2. The van der Waals surface area contributed by atoms with Gasteiger partial charge in [0.1, 0.15) is 17.3 Å². The van der Waals surface area contributed by atoms with Gasteiger partial charge in [-0.05, 0) is 36.6 Å². The molecule has 6 nitrogen and oxygen atoms in total. The van der Waals surface area contributed by atoms with Crippen molar-refractivity contribution < 1.29 is 13.6 Å². The van der Waals surface area contributed by atoms with Crippen molar-refractivity contribution in [2.75, 3.05) is 43.0 Å². The van der Waals surface area contributed by atoms with Crippen LogP contribution in [0.4, 0.5) is 20.2 Å². The predicted molar refractivity (Wildman–Crippen MR) is 114 cm³/mol. The fourth-order valence-electron chi connectivity index (χ4n) is 4.11. The van der Waals surface area contributed by atoms with E-state index in [-0.39, 0.29) is 24.2 Å². The minimum atomic E-state index is -0.561. The van der Waals surface area contributed by atoms with E-state index in [1.807, 2.05) is 24.3 Å². The minimum absolute atomic E-state index is 0.00706. The summed E-state index contributed by atoms with van der Waals surface area (Å²) in [6.07, 6.45) is 1.57. The maximum atomic E-state index is 14.0. The van der Waals surface area contributed by atoms with Gasteiger partial charge < -0.3 is 20.4 Å². The molecule has 1 fully saturated rings. The average molecular weight is 413 g/mol. The molecular weight excluding hydrogens is 388 g/mol. The summed E-state index contributed by atoms with van der Waals surface area (Å²) in [6, 6.07) is 11.8. The molecule has 2 heterocycles. The first kappa shape index (κ1) is 20.1. The molecule has 0 bridgehead atoms. The van der Waals surface area contributed by atoms with Crippen molar-refractivity contribution in [2.45, 2.75) is 18.9 Å². The molecule has 2 N–H and O–H groups in total. The van der Waals surface area contributed by atoms with E-state index in [0.29, 0.717) is 32.0 Å². The third kappa shape index (κ3) is 4.08. The van der Waals surface area contributed by atoms with Crippen LogP contribution in [0.15, 0.2) is 47.5 Å². The number of carbonyl (C=O) groups is 1. The summed E-state index contributed by atoms with van der Waals surface area (Å²) in [4.78, 5) is 20.3. The first-order valence-electron chi connectivity index (χ1n) is 10.1. The second kappa shape index (κ2) is 8.69. The lowest BCUT2D eigenvalue weighted by Crippen LogP contribution is -2.48. The van der Waals surface area contributed by atoms with Gasteiger partial charge in [-0.25, -0.2) is 8.78 Å². The highest BCUT2D eigenvalue weighted by Crippen LogP contribution is 2.28. The molecule has 2 aromatic carbocycles. The SMILES string of the molecule is CN=C(NCC(=O)N1CCc2ccccc21)NC1CCN(c2c(F)cccc2F)C1. The van der Waals surface area contributed by atoms with E-state index in [0.717, 1.165) is 12.1 Å². The molecular formula is C22H25F2N5O. The van der Waals surface area contributed by atoms with Crippen molar-refractivity contribution >= 4 is 23.2 Å². The van der Waals surface area contributed by atoms with E-state index in [9.17, 15) is 13.6 Å². The number of para-hydroxylation sites is 2. The van der Waals surface area contributed by atoms with Crippen molar-refractivity contribution in [2.24, 2.45) is 4.99 Å². The Balaban J connectivity index is 1.31. The van der Waals surface area contributed by atoms with Crippen LogP contribution in [0.5, 0.6) is 0 Å². The van der Waals surface area contributed by atoms with E-state index in [1.54, 1.807) is 16.8 Å².